The standard InChI is InChI=1S/C20H19N3.CH3Cl/c1-13-12-16(6-11-19(13)23)20(14-2-7-17(21)8-3-14)15-4-9-18(22)10-5-15;1-2/h2-12,21H,22-23H2,1H3;1H3. The summed E-state index contributed by atoms with van der Waals surface area (Å²) in [5, 5.41) is 7.69. The number of alkyl halides is 1. The molecular weight excluding hydrogens is 330 g/mol. The molecule has 0 spiro atoms. The molecule has 25 heavy (non-hydrogen) atoms. The molecule has 0 saturated heterocycles. The van der Waals surface area contributed by atoms with Crippen LogP contribution in [0.15, 0.2) is 72.3 Å². The molecule has 4 heteroatoms. The lowest BCUT2D eigenvalue weighted by atomic mass is 9.90. The van der Waals surface area contributed by atoms with Crippen molar-refractivity contribution in [3.63, 3.8) is 0 Å². The predicted octanol–water partition coefficient (Wildman–Crippen LogP) is 4.96. The van der Waals surface area contributed by atoms with Crippen LogP contribution < -0.4 is 11.5 Å². The summed E-state index contributed by atoms with van der Waals surface area (Å²) in [4.78, 5) is 0. The summed E-state index contributed by atoms with van der Waals surface area (Å²) in [6.45, 7) is 2.01. The van der Waals surface area contributed by atoms with Gasteiger partial charge in [0.2, 0.25) is 0 Å². The topological polar surface area (TPSA) is 75.9 Å². The Balaban J connectivity index is 0.00000109. The fourth-order valence-electron chi connectivity index (χ4n) is 2.62. The van der Waals surface area contributed by atoms with Crippen LogP contribution in [-0.4, -0.2) is 12.1 Å². The van der Waals surface area contributed by atoms with E-state index >= 15 is 0 Å². The molecule has 1 aliphatic carbocycles. The highest BCUT2D eigenvalue weighted by Crippen LogP contribution is 2.31. The first-order valence-corrected chi connectivity index (χ1v) is 8.59. The van der Waals surface area contributed by atoms with Crippen LogP contribution in [0.25, 0.3) is 5.57 Å². The summed E-state index contributed by atoms with van der Waals surface area (Å²) >= 11 is 4.64. The molecule has 3 nitrogen and oxygen atoms in total. The molecule has 0 saturated carbocycles. The molecule has 0 fully saturated rings. The number of rotatable bonds is 2. The lowest BCUT2D eigenvalue weighted by molar-refractivity contribution is 1.43. The van der Waals surface area contributed by atoms with Gasteiger partial charge in [-0.25, -0.2) is 0 Å². The number of hydrogen-bond acceptors (Lipinski definition) is 3. The maximum absolute atomic E-state index is 7.69. The maximum atomic E-state index is 7.69. The first kappa shape index (κ1) is 18.6. The van der Waals surface area contributed by atoms with Crippen LogP contribution in [0.3, 0.4) is 0 Å². The van der Waals surface area contributed by atoms with Crippen molar-refractivity contribution >= 4 is 34.3 Å². The molecule has 5 N–H and O–H groups in total. The van der Waals surface area contributed by atoms with Gasteiger partial charge in [-0.2, -0.15) is 0 Å². The molecule has 0 amide bonds. The van der Waals surface area contributed by atoms with Gasteiger partial charge in [-0.3, -0.25) is 0 Å². The largest absolute Gasteiger partial charge is 0.399 e. The molecule has 0 heterocycles. The van der Waals surface area contributed by atoms with Crippen LogP contribution in [-0.2, 0) is 0 Å². The zero-order chi connectivity index (χ0) is 18.4. The third-order valence-electron chi connectivity index (χ3n) is 3.93. The van der Waals surface area contributed by atoms with E-state index in [4.69, 9.17) is 16.9 Å². The molecule has 0 aliphatic heterocycles. The molecule has 2 aromatic rings. The monoisotopic (exact) mass is 351 g/mol. The van der Waals surface area contributed by atoms with Crippen molar-refractivity contribution in [2.24, 2.45) is 0 Å². The number of aryl methyl sites for hydroxylation is 1. The van der Waals surface area contributed by atoms with Crippen LogP contribution in [0.2, 0.25) is 0 Å². The van der Waals surface area contributed by atoms with E-state index in [-0.39, 0.29) is 0 Å². The molecule has 0 atom stereocenters. The fraction of sp³-hybridized carbons (Fsp3) is 0.0952. The fourth-order valence-corrected chi connectivity index (χ4v) is 2.62. The Labute approximate surface area is 153 Å². The van der Waals surface area contributed by atoms with Crippen LogP contribution in [0.4, 0.5) is 11.4 Å². The second-order valence-electron chi connectivity index (χ2n) is 5.65. The van der Waals surface area contributed by atoms with Crippen molar-refractivity contribution < 1.29 is 0 Å². The Morgan fingerprint density at radius 1 is 0.840 bits per heavy atom. The van der Waals surface area contributed by atoms with Gasteiger partial charge in [-0.1, -0.05) is 30.4 Å². The Hall–Kier alpha value is -2.78. The summed E-state index contributed by atoms with van der Waals surface area (Å²) in [5.41, 5.74) is 19.2. The lowest BCUT2D eigenvalue weighted by Gasteiger charge is -2.15. The first-order valence-electron chi connectivity index (χ1n) is 7.84. The molecule has 2 aromatic carbocycles. The van der Waals surface area contributed by atoms with Crippen LogP contribution >= 0.6 is 11.6 Å². The van der Waals surface area contributed by atoms with Crippen molar-refractivity contribution in [2.75, 3.05) is 17.9 Å². The number of hydrogen-bond donors (Lipinski definition) is 3. The molecule has 0 radical (unpaired) electrons. The average molecular weight is 352 g/mol. The Kier molecular flexibility index (Phi) is 6.20. The van der Waals surface area contributed by atoms with E-state index in [2.05, 4.69) is 17.7 Å². The van der Waals surface area contributed by atoms with Gasteiger partial charge in [-0.15, -0.1) is 11.6 Å². The number of anilines is 2. The van der Waals surface area contributed by atoms with Crippen molar-refractivity contribution in [3.8, 4) is 0 Å². The van der Waals surface area contributed by atoms with Crippen LogP contribution in [0.1, 0.15) is 16.7 Å². The van der Waals surface area contributed by atoms with Gasteiger partial charge < -0.3 is 16.9 Å². The number of allylic oxidation sites excluding steroid dienone is 5. The van der Waals surface area contributed by atoms with Gasteiger partial charge >= 0.3 is 0 Å². The summed E-state index contributed by atoms with van der Waals surface area (Å²) < 4.78 is 0. The van der Waals surface area contributed by atoms with Crippen molar-refractivity contribution in [3.05, 3.63) is 89.0 Å². The third kappa shape index (κ3) is 4.40. The predicted molar refractivity (Wildman–Crippen MR) is 110 cm³/mol. The van der Waals surface area contributed by atoms with E-state index in [1.54, 1.807) is 12.2 Å². The summed E-state index contributed by atoms with van der Waals surface area (Å²) in [6.07, 6.45) is 9.02. The first-order chi connectivity index (χ1) is 12.0. The van der Waals surface area contributed by atoms with E-state index < -0.39 is 0 Å². The smallest absolute Gasteiger partial charge is 0.0540 e. The Morgan fingerprint density at radius 3 is 1.96 bits per heavy atom. The molecular formula is C21H22ClN3. The lowest BCUT2D eigenvalue weighted by Crippen LogP contribution is -1.99. The summed E-state index contributed by atoms with van der Waals surface area (Å²) in [7, 11) is 0. The number of nitrogens with two attached hydrogens (primary N) is 2. The van der Waals surface area contributed by atoms with Gasteiger partial charge in [0.25, 0.3) is 0 Å². The van der Waals surface area contributed by atoms with Gasteiger partial charge in [-0.05, 0) is 71.2 Å². The second-order valence-corrected chi connectivity index (χ2v) is 5.65. The van der Waals surface area contributed by atoms with E-state index in [0.717, 1.165) is 39.2 Å². The zero-order valence-corrected chi connectivity index (χ0v) is 15.1. The van der Waals surface area contributed by atoms with Gasteiger partial charge in [0.05, 0.1) is 5.71 Å². The number of nitrogen functional groups attached to an aromatic ring is 2. The van der Waals surface area contributed by atoms with Crippen LogP contribution in [0, 0.1) is 12.3 Å². The highest BCUT2D eigenvalue weighted by Gasteiger charge is 2.11. The number of benzene rings is 2. The highest BCUT2D eigenvalue weighted by molar-refractivity contribution is 6.15. The van der Waals surface area contributed by atoms with Crippen molar-refractivity contribution in [1.29, 1.82) is 5.41 Å². The Bertz CT molecular complexity index is 841. The van der Waals surface area contributed by atoms with E-state index in [1.807, 2.05) is 55.5 Å². The molecule has 0 aromatic heterocycles. The van der Waals surface area contributed by atoms with E-state index in [9.17, 15) is 0 Å². The second kappa shape index (κ2) is 8.36. The third-order valence-corrected chi connectivity index (χ3v) is 3.93. The Morgan fingerprint density at radius 2 is 1.40 bits per heavy atom. The highest BCUT2D eigenvalue weighted by atomic mass is 35.5. The van der Waals surface area contributed by atoms with E-state index in [0.29, 0.717) is 5.71 Å². The van der Waals surface area contributed by atoms with Crippen molar-refractivity contribution in [2.45, 2.75) is 6.92 Å². The minimum atomic E-state index is 0.499. The molecule has 1 aliphatic rings. The number of nitrogens with one attached hydrogen (secondary N) is 1. The van der Waals surface area contributed by atoms with Gasteiger partial charge in [0.15, 0.2) is 0 Å². The molecule has 3 rings (SSSR count). The quantitative estimate of drug-likeness (QED) is 0.528. The SMILES string of the molecule is CCl.Cc1cc(C(=C2C=CC(=N)C=C2)c2ccc(N)cc2)ccc1N. The number of halogens is 1. The zero-order valence-electron chi connectivity index (χ0n) is 14.4. The summed E-state index contributed by atoms with van der Waals surface area (Å²) in [6, 6.07) is 13.9. The maximum Gasteiger partial charge on any atom is 0.0540 e. The van der Waals surface area contributed by atoms with Gasteiger partial charge in [0.1, 0.15) is 0 Å². The molecule has 0 unspecified atom stereocenters. The minimum Gasteiger partial charge on any atom is -0.399 e. The van der Waals surface area contributed by atoms with Crippen molar-refractivity contribution in [1.82, 2.24) is 0 Å². The molecule has 128 valence electrons. The minimum absolute atomic E-state index is 0.499. The molecule has 0 bridgehead atoms. The van der Waals surface area contributed by atoms with Gasteiger partial charge in [0, 0.05) is 17.8 Å². The summed E-state index contributed by atoms with van der Waals surface area (Å²) in [5.74, 6) is 0. The average Bonchev–Trinajstić information content (AvgIpc) is 2.63. The van der Waals surface area contributed by atoms with E-state index in [1.165, 1.54) is 6.38 Å². The van der Waals surface area contributed by atoms with Crippen LogP contribution in [0.5, 0.6) is 0 Å². The normalized spacial score (nSPS) is 12.6.